The summed E-state index contributed by atoms with van der Waals surface area (Å²) in [5, 5.41) is 0. The van der Waals surface area contributed by atoms with E-state index in [1.807, 2.05) is 0 Å². The predicted octanol–water partition coefficient (Wildman–Crippen LogP) is 0.282. The summed E-state index contributed by atoms with van der Waals surface area (Å²) in [6.07, 6.45) is 2.18. The van der Waals surface area contributed by atoms with Gasteiger partial charge in [0, 0.05) is 6.61 Å². The summed E-state index contributed by atoms with van der Waals surface area (Å²) in [7, 11) is -5.04. The molecule has 94 valence electrons. The molecule has 0 radical (unpaired) electrons. The van der Waals surface area contributed by atoms with Crippen molar-refractivity contribution >= 4 is 16.1 Å². The Hall–Kier alpha value is -0.730. The van der Waals surface area contributed by atoms with E-state index >= 15 is 0 Å². The zero-order valence-electron chi connectivity index (χ0n) is 8.46. The molecule has 0 aromatic heterocycles. The number of carbonyl (C=O) groups excluding carboxylic acids is 1. The predicted molar refractivity (Wildman–Crippen MR) is 51.0 cm³/mol. The molecule has 6 nitrogen and oxygen atoms in total. The van der Waals surface area contributed by atoms with Gasteiger partial charge < -0.3 is 9.47 Å². The standard InChI is InChI=1S/C8H13FO6S/c9-7(16(11,12)13)8(10)15-5-6-3-1-2-4-14-6/h6-7H,1-5H2,(H,11,12,13). The molecule has 8 heteroatoms. The van der Waals surface area contributed by atoms with Gasteiger partial charge in [0.05, 0.1) is 6.10 Å². The van der Waals surface area contributed by atoms with E-state index < -0.39 is 21.6 Å². The summed E-state index contributed by atoms with van der Waals surface area (Å²) in [5.74, 6) is -1.61. The minimum atomic E-state index is -5.04. The smallest absolute Gasteiger partial charge is 0.359 e. The molecular weight excluding hydrogens is 243 g/mol. The van der Waals surface area contributed by atoms with Gasteiger partial charge in [0.15, 0.2) is 0 Å². The highest BCUT2D eigenvalue weighted by Crippen LogP contribution is 2.13. The van der Waals surface area contributed by atoms with E-state index in [1.54, 1.807) is 0 Å². The molecule has 0 aromatic carbocycles. The van der Waals surface area contributed by atoms with E-state index in [2.05, 4.69) is 4.74 Å². The average Bonchev–Trinajstić information content (AvgIpc) is 2.25. The van der Waals surface area contributed by atoms with E-state index in [9.17, 15) is 17.6 Å². The van der Waals surface area contributed by atoms with Gasteiger partial charge in [-0.05, 0) is 19.3 Å². The molecule has 1 saturated heterocycles. The molecule has 1 aliphatic rings. The number of hydrogen-bond donors (Lipinski definition) is 1. The van der Waals surface area contributed by atoms with E-state index in [-0.39, 0.29) is 12.7 Å². The van der Waals surface area contributed by atoms with E-state index in [4.69, 9.17) is 9.29 Å². The van der Waals surface area contributed by atoms with Crippen LogP contribution in [0.2, 0.25) is 0 Å². The molecular formula is C8H13FO6S. The molecule has 0 bridgehead atoms. The van der Waals surface area contributed by atoms with Crippen LogP contribution < -0.4 is 0 Å². The first kappa shape index (κ1) is 13.3. The van der Waals surface area contributed by atoms with E-state index in [0.29, 0.717) is 13.0 Å². The van der Waals surface area contributed by atoms with Gasteiger partial charge in [-0.1, -0.05) is 0 Å². The van der Waals surface area contributed by atoms with Crippen LogP contribution in [0.5, 0.6) is 0 Å². The second-order valence-electron chi connectivity index (χ2n) is 3.45. The van der Waals surface area contributed by atoms with Crippen molar-refractivity contribution in [2.75, 3.05) is 13.2 Å². The zero-order chi connectivity index (χ0) is 12.2. The van der Waals surface area contributed by atoms with Crippen LogP contribution in [0.25, 0.3) is 0 Å². The highest BCUT2D eigenvalue weighted by atomic mass is 32.2. The first-order valence-corrected chi connectivity index (χ1v) is 6.30. The van der Waals surface area contributed by atoms with Crippen LogP contribution in [0, 0.1) is 0 Å². The number of halogens is 1. The lowest BCUT2D eigenvalue weighted by Crippen LogP contribution is -2.32. The van der Waals surface area contributed by atoms with Gasteiger partial charge in [-0.3, -0.25) is 4.55 Å². The largest absolute Gasteiger partial charge is 0.460 e. The second-order valence-corrected chi connectivity index (χ2v) is 4.89. The Bertz CT molecular complexity index is 334. The van der Waals surface area contributed by atoms with Crippen LogP contribution in [0.1, 0.15) is 19.3 Å². The Labute approximate surface area is 92.5 Å². The number of alkyl halides is 1. The van der Waals surface area contributed by atoms with E-state index in [1.165, 1.54) is 0 Å². The van der Waals surface area contributed by atoms with Gasteiger partial charge in [-0.2, -0.15) is 8.42 Å². The van der Waals surface area contributed by atoms with Crippen molar-refractivity contribution in [2.24, 2.45) is 0 Å². The molecule has 1 rings (SSSR count). The van der Waals surface area contributed by atoms with Crippen molar-refractivity contribution in [2.45, 2.75) is 30.9 Å². The Balaban J connectivity index is 2.34. The van der Waals surface area contributed by atoms with Crippen molar-refractivity contribution in [1.82, 2.24) is 0 Å². The molecule has 0 aromatic rings. The van der Waals surface area contributed by atoms with Crippen LogP contribution in [0.15, 0.2) is 0 Å². The maximum Gasteiger partial charge on any atom is 0.359 e. The number of hydrogen-bond acceptors (Lipinski definition) is 5. The van der Waals surface area contributed by atoms with Gasteiger partial charge >= 0.3 is 21.6 Å². The molecule has 0 spiro atoms. The molecule has 0 amide bonds. The van der Waals surface area contributed by atoms with Crippen LogP contribution in [-0.4, -0.2) is 43.8 Å². The Morgan fingerprint density at radius 3 is 2.75 bits per heavy atom. The van der Waals surface area contributed by atoms with Crippen LogP contribution in [0.4, 0.5) is 4.39 Å². The summed E-state index contributed by atoms with van der Waals surface area (Å²) in [4.78, 5) is 10.8. The zero-order valence-corrected chi connectivity index (χ0v) is 9.28. The first-order valence-electron chi connectivity index (χ1n) is 4.80. The maximum atomic E-state index is 12.7. The molecule has 1 heterocycles. The molecule has 1 fully saturated rings. The van der Waals surface area contributed by atoms with Crippen LogP contribution in [0.3, 0.4) is 0 Å². The molecule has 16 heavy (non-hydrogen) atoms. The minimum Gasteiger partial charge on any atom is -0.460 e. The van der Waals surface area contributed by atoms with Crippen molar-refractivity contribution in [3.63, 3.8) is 0 Å². The number of carbonyl (C=O) groups is 1. The Morgan fingerprint density at radius 1 is 1.56 bits per heavy atom. The maximum absolute atomic E-state index is 12.7. The molecule has 2 unspecified atom stereocenters. The third kappa shape index (κ3) is 4.03. The monoisotopic (exact) mass is 256 g/mol. The summed E-state index contributed by atoms with van der Waals surface area (Å²) in [5.41, 5.74) is -3.05. The normalized spacial score (nSPS) is 23.8. The summed E-state index contributed by atoms with van der Waals surface area (Å²) < 4.78 is 51.1. The van der Waals surface area contributed by atoms with Gasteiger partial charge in [-0.15, -0.1) is 0 Å². The van der Waals surface area contributed by atoms with Crippen molar-refractivity contribution in [1.29, 1.82) is 0 Å². The number of ether oxygens (including phenoxy) is 2. The van der Waals surface area contributed by atoms with Gasteiger partial charge in [-0.25, -0.2) is 9.18 Å². The third-order valence-corrected chi connectivity index (χ3v) is 2.85. The summed E-state index contributed by atoms with van der Waals surface area (Å²) in [6.45, 7) is 0.342. The molecule has 1 aliphatic heterocycles. The van der Waals surface area contributed by atoms with Gasteiger partial charge in [0.2, 0.25) is 0 Å². The number of rotatable bonds is 4. The fourth-order valence-electron chi connectivity index (χ4n) is 1.30. The highest BCUT2D eigenvalue weighted by molar-refractivity contribution is 7.87. The SMILES string of the molecule is O=C(OCC1CCCCO1)C(F)S(=O)(=O)O. The lowest BCUT2D eigenvalue weighted by Gasteiger charge is -2.22. The summed E-state index contributed by atoms with van der Waals surface area (Å²) >= 11 is 0. The van der Waals surface area contributed by atoms with Crippen LogP contribution in [-0.2, 0) is 24.4 Å². The van der Waals surface area contributed by atoms with Crippen molar-refractivity contribution in [3.05, 3.63) is 0 Å². The number of esters is 1. The Kier molecular flexibility index (Phi) is 4.63. The van der Waals surface area contributed by atoms with Gasteiger partial charge in [0.1, 0.15) is 6.61 Å². The topological polar surface area (TPSA) is 89.9 Å². The highest BCUT2D eigenvalue weighted by Gasteiger charge is 2.33. The molecule has 1 N–H and O–H groups in total. The van der Waals surface area contributed by atoms with E-state index in [0.717, 1.165) is 12.8 Å². The first-order chi connectivity index (χ1) is 7.41. The fourth-order valence-corrected chi connectivity index (χ4v) is 1.61. The quantitative estimate of drug-likeness (QED) is 0.574. The molecule has 0 saturated carbocycles. The lowest BCUT2D eigenvalue weighted by atomic mass is 10.1. The van der Waals surface area contributed by atoms with Crippen molar-refractivity contribution < 1.29 is 31.6 Å². The Morgan fingerprint density at radius 2 is 2.25 bits per heavy atom. The van der Waals surface area contributed by atoms with Crippen molar-refractivity contribution in [3.8, 4) is 0 Å². The lowest BCUT2D eigenvalue weighted by molar-refractivity contribution is -0.151. The van der Waals surface area contributed by atoms with Crippen LogP contribution >= 0.6 is 0 Å². The average molecular weight is 256 g/mol. The third-order valence-electron chi connectivity index (χ3n) is 2.13. The summed E-state index contributed by atoms with van der Waals surface area (Å²) in [6, 6.07) is 0. The molecule has 0 aliphatic carbocycles. The van der Waals surface area contributed by atoms with Gasteiger partial charge in [0.25, 0.3) is 0 Å². The fraction of sp³-hybridized carbons (Fsp3) is 0.875. The molecule has 2 atom stereocenters. The minimum absolute atomic E-state index is 0.200. The second kappa shape index (κ2) is 5.55.